The van der Waals surface area contributed by atoms with Gasteiger partial charge in [0.1, 0.15) is 0 Å². The predicted octanol–water partition coefficient (Wildman–Crippen LogP) is 3.02. The normalized spacial score (nSPS) is 23.0. The van der Waals surface area contributed by atoms with Crippen LogP contribution in [-0.2, 0) is 6.42 Å². The summed E-state index contributed by atoms with van der Waals surface area (Å²) < 4.78 is 37.7. The summed E-state index contributed by atoms with van der Waals surface area (Å²) >= 11 is 0. The Kier molecular flexibility index (Phi) is 4.71. The quantitative estimate of drug-likeness (QED) is 0.868. The first-order valence-corrected chi connectivity index (χ1v) is 8.24. The minimum absolute atomic E-state index is 0.0350. The lowest BCUT2D eigenvalue weighted by atomic mass is 9.91. The molecule has 2 aliphatic rings. The van der Waals surface area contributed by atoms with Crippen LogP contribution < -0.4 is 5.32 Å². The van der Waals surface area contributed by atoms with Gasteiger partial charge < -0.3 is 15.3 Å². The molecule has 2 amide bonds. The van der Waals surface area contributed by atoms with Gasteiger partial charge in [-0.25, -0.2) is 4.79 Å². The van der Waals surface area contributed by atoms with E-state index in [2.05, 4.69) is 5.32 Å². The van der Waals surface area contributed by atoms with Gasteiger partial charge in [0, 0.05) is 13.1 Å². The van der Waals surface area contributed by atoms with E-state index in [1.165, 1.54) is 5.56 Å². The third-order valence-electron chi connectivity index (χ3n) is 5.04. The van der Waals surface area contributed by atoms with Crippen molar-refractivity contribution in [3.8, 4) is 0 Å². The number of halogens is 3. The zero-order chi connectivity index (χ0) is 17.3. The summed E-state index contributed by atoms with van der Waals surface area (Å²) in [5.74, 6) is -0.832. The maximum atomic E-state index is 12.6. The summed E-state index contributed by atoms with van der Waals surface area (Å²) in [6, 6.07) is 7.68. The molecule has 1 fully saturated rings. The molecule has 1 aromatic rings. The third-order valence-corrected chi connectivity index (χ3v) is 5.04. The Morgan fingerprint density at radius 2 is 1.88 bits per heavy atom. The summed E-state index contributed by atoms with van der Waals surface area (Å²) in [4.78, 5) is 13.9. The molecule has 4 nitrogen and oxygen atoms in total. The van der Waals surface area contributed by atoms with Gasteiger partial charge in [0.15, 0.2) is 6.10 Å². The number of likely N-dealkylation sites (tertiary alicyclic amines) is 1. The van der Waals surface area contributed by atoms with Crippen molar-refractivity contribution in [2.75, 3.05) is 13.1 Å². The van der Waals surface area contributed by atoms with Crippen LogP contribution in [0.2, 0.25) is 0 Å². The molecule has 24 heavy (non-hydrogen) atoms. The molecule has 2 unspecified atom stereocenters. The van der Waals surface area contributed by atoms with Crippen LogP contribution in [0.1, 0.15) is 36.4 Å². The number of nitrogens with zero attached hydrogens (tertiary/aromatic N) is 1. The van der Waals surface area contributed by atoms with E-state index in [0.29, 0.717) is 0 Å². The molecular formula is C17H21F3N2O2. The number of benzene rings is 1. The molecule has 0 spiro atoms. The minimum atomic E-state index is -4.59. The summed E-state index contributed by atoms with van der Waals surface area (Å²) in [5.41, 5.74) is 2.35. The number of urea groups is 1. The lowest BCUT2D eigenvalue weighted by molar-refractivity contribution is -0.222. The van der Waals surface area contributed by atoms with E-state index in [9.17, 15) is 23.1 Å². The van der Waals surface area contributed by atoms with Gasteiger partial charge in [-0.3, -0.25) is 0 Å². The molecule has 0 aromatic heterocycles. The molecule has 2 atom stereocenters. The number of amides is 2. The second-order valence-corrected chi connectivity index (χ2v) is 6.55. The number of aryl methyl sites for hydroxylation is 1. The first-order chi connectivity index (χ1) is 11.4. The molecule has 1 heterocycles. The fourth-order valence-electron chi connectivity index (χ4n) is 3.63. The predicted molar refractivity (Wildman–Crippen MR) is 82.4 cm³/mol. The van der Waals surface area contributed by atoms with Gasteiger partial charge in [-0.15, -0.1) is 0 Å². The van der Waals surface area contributed by atoms with Crippen LogP contribution in [0.5, 0.6) is 0 Å². The highest BCUT2D eigenvalue weighted by molar-refractivity contribution is 5.75. The molecule has 7 heteroatoms. The minimum Gasteiger partial charge on any atom is -0.383 e. The van der Waals surface area contributed by atoms with Crippen molar-refractivity contribution < 1.29 is 23.1 Å². The fraction of sp³-hybridized carbons (Fsp3) is 0.588. The van der Waals surface area contributed by atoms with Crippen molar-refractivity contribution in [1.29, 1.82) is 0 Å². The molecule has 132 valence electrons. The number of hydrogen-bond donors (Lipinski definition) is 2. The maximum Gasteiger partial charge on any atom is 0.414 e. The number of nitrogens with one attached hydrogen (secondary N) is 1. The number of fused-ring (bicyclic) bond motifs is 1. The molecule has 1 aromatic carbocycles. The van der Waals surface area contributed by atoms with Crippen LogP contribution in [0, 0.1) is 5.92 Å². The number of carbonyl (C=O) groups is 1. The summed E-state index contributed by atoms with van der Waals surface area (Å²) in [7, 11) is 0. The van der Waals surface area contributed by atoms with E-state index in [4.69, 9.17) is 0 Å². The first kappa shape index (κ1) is 17.1. The molecule has 2 N–H and O–H groups in total. The van der Waals surface area contributed by atoms with Gasteiger partial charge in [0.2, 0.25) is 0 Å². The average molecular weight is 342 g/mol. The highest BCUT2D eigenvalue weighted by atomic mass is 19.4. The van der Waals surface area contributed by atoms with E-state index in [1.807, 2.05) is 24.3 Å². The molecule has 1 aliphatic carbocycles. The Labute approximate surface area is 138 Å². The van der Waals surface area contributed by atoms with Gasteiger partial charge in [0.25, 0.3) is 0 Å². The van der Waals surface area contributed by atoms with Gasteiger partial charge in [-0.05, 0) is 42.7 Å². The number of piperidine rings is 1. The lowest BCUT2D eigenvalue weighted by Crippen LogP contribution is -2.48. The van der Waals surface area contributed by atoms with Crippen LogP contribution in [0.25, 0.3) is 0 Å². The maximum absolute atomic E-state index is 12.6. The number of alkyl halides is 3. The van der Waals surface area contributed by atoms with Crippen molar-refractivity contribution in [3.05, 3.63) is 35.4 Å². The third kappa shape index (κ3) is 3.50. The van der Waals surface area contributed by atoms with Gasteiger partial charge in [0.05, 0.1) is 6.04 Å². The van der Waals surface area contributed by atoms with Crippen LogP contribution in [0.3, 0.4) is 0 Å². The van der Waals surface area contributed by atoms with E-state index in [1.54, 1.807) is 4.90 Å². The van der Waals surface area contributed by atoms with E-state index < -0.39 is 18.2 Å². The summed E-state index contributed by atoms with van der Waals surface area (Å²) in [6.45, 7) is 0.468. The second kappa shape index (κ2) is 6.63. The molecular weight excluding hydrogens is 321 g/mol. The average Bonchev–Trinajstić information content (AvgIpc) is 2.96. The van der Waals surface area contributed by atoms with Crippen molar-refractivity contribution in [2.45, 2.75) is 44.0 Å². The highest BCUT2D eigenvalue weighted by Gasteiger charge is 2.44. The SMILES string of the molecule is O=C(NC1CCc2ccccc21)N1CCC(C(O)C(F)(F)F)CC1. The van der Waals surface area contributed by atoms with E-state index >= 15 is 0 Å². The monoisotopic (exact) mass is 342 g/mol. The van der Waals surface area contributed by atoms with Crippen LogP contribution in [0.15, 0.2) is 24.3 Å². The molecule has 0 bridgehead atoms. The zero-order valence-corrected chi connectivity index (χ0v) is 13.2. The molecule has 1 aliphatic heterocycles. The molecule has 0 radical (unpaired) electrons. The van der Waals surface area contributed by atoms with Crippen molar-refractivity contribution in [3.63, 3.8) is 0 Å². The van der Waals surface area contributed by atoms with Crippen LogP contribution >= 0.6 is 0 Å². The Morgan fingerprint density at radius 1 is 1.21 bits per heavy atom. The fourth-order valence-corrected chi connectivity index (χ4v) is 3.63. The lowest BCUT2D eigenvalue weighted by Gasteiger charge is -2.35. The standard InChI is InChI=1S/C17H21F3N2O2/c18-17(19,20)15(23)12-7-9-22(10-8-12)16(24)21-14-6-5-11-3-1-2-4-13(11)14/h1-4,12,14-15,23H,5-10H2,(H,21,24). The number of rotatable bonds is 2. The Morgan fingerprint density at radius 3 is 2.54 bits per heavy atom. The van der Waals surface area contributed by atoms with E-state index in [-0.39, 0.29) is 38.0 Å². The number of carbonyl (C=O) groups excluding carboxylic acids is 1. The van der Waals surface area contributed by atoms with Crippen molar-refractivity contribution in [2.24, 2.45) is 5.92 Å². The van der Waals surface area contributed by atoms with Crippen molar-refractivity contribution in [1.82, 2.24) is 10.2 Å². The smallest absolute Gasteiger partial charge is 0.383 e. The number of aliphatic hydroxyl groups is 1. The van der Waals surface area contributed by atoms with Crippen molar-refractivity contribution >= 4 is 6.03 Å². The Hall–Kier alpha value is -1.76. The molecule has 3 rings (SSSR count). The largest absolute Gasteiger partial charge is 0.414 e. The first-order valence-electron chi connectivity index (χ1n) is 8.24. The second-order valence-electron chi connectivity index (χ2n) is 6.55. The van der Waals surface area contributed by atoms with Gasteiger partial charge in [-0.1, -0.05) is 24.3 Å². The summed E-state index contributed by atoms with van der Waals surface area (Å²) in [6.07, 6.45) is -4.81. The van der Waals surface area contributed by atoms with Gasteiger partial charge >= 0.3 is 12.2 Å². The Balaban J connectivity index is 1.53. The number of hydrogen-bond acceptors (Lipinski definition) is 2. The Bertz CT molecular complexity index is 598. The molecule has 1 saturated heterocycles. The number of aliphatic hydroxyl groups excluding tert-OH is 1. The summed E-state index contributed by atoms with van der Waals surface area (Å²) in [5, 5.41) is 12.3. The topological polar surface area (TPSA) is 52.6 Å². The van der Waals surface area contributed by atoms with Crippen LogP contribution in [0.4, 0.5) is 18.0 Å². The van der Waals surface area contributed by atoms with Crippen LogP contribution in [-0.4, -0.2) is 41.4 Å². The van der Waals surface area contributed by atoms with E-state index in [0.717, 1.165) is 18.4 Å². The zero-order valence-electron chi connectivity index (χ0n) is 13.2. The highest BCUT2D eigenvalue weighted by Crippen LogP contribution is 2.33. The van der Waals surface area contributed by atoms with Gasteiger partial charge in [-0.2, -0.15) is 13.2 Å². The molecule has 0 saturated carbocycles.